The maximum absolute atomic E-state index is 10.8. The van der Waals surface area contributed by atoms with Crippen molar-refractivity contribution in [2.75, 3.05) is 0 Å². The van der Waals surface area contributed by atoms with E-state index in [4.69, 9.17) is 4.74 Å². The summed E-state index contributed by atoms with van der Waals surface area (Å²) in [6.45, 7) is 8.72. The minimum Gasteiger partial charge on any atom is -0.455 e. The first-order valence-corrected chi connectivity index (χ1v) is 4.77. The Balaban J connectivity index is 2.45. The molecular weight excluding hydrogens is 164 g/mol. The van der Waals surface area contributed by atoms with Crippen molar-refractivity contribution in [2.24, 2.45) is 11.3 Å². The van der Waals surface area contributed by atoms with Gasteiger partial charge < -0.3 is 4.74 Å². The molecule has 74 valence electrons. The zero-order chi connectivity index (χ0) is 10.1. The van der Waals surface area contributed by atoms with E-state index in [1.54, 1.807) is 0 Å². The Morgan fingerprint density at radius 3 is 2.54 bits per heavy atom. The minimum absolute atomic E-state index is 0.00766. The Bertz CT molecular complexity index is 223. The van der Waals surface area contributed by atoms with Crippen molar-refractivity contribution in [2.45, 2.75) is 40.2 Å². The van der Waals surface area contributed by atoms with Crippen LogP contribution in [0.25, 0.3) is 0 Å². The summed E-state index contributed by atoms with van der Waals surface area (Å²) in [7, 11) is 0. The van der Waals surface area contributed by atoms with Gasteiger partial charge >= 0.3 is 5.97 Å². The van der Waals surface area contributed by atoms with Crippen LogP contribution in [-0.2, 0) is 9.53 Å². The molecule has 0 saturated carbocycles. The number of ether oxygens (including phenoxy) is 1. The predicted molar refractivity (Wildman–Crippen MR) is 52.3 cm³/mol. The van der Waals surface area contributed by atoms with Crippen LogP contribution in [0.15, 0.2) is 12.2 Å². The van der Waals surface area contributed by atoms with Crippen LogP contribution in [0.5, 0.6) is 0 Å². The average Bonchev–Trinajstić information content (AvgIpc) is 2.31. The van der Waals surface area contributed by atoms with E-state index in [1.807, 2.05) is 6.08 Å². The maximum atomic E-state index is 10.8. The molecule has 13 heavy (non-hydrogen) atoms. The Labute approximate surface area is 80.0 Å². The van der Waals surface area contributed by atoms with Crippen LogP contribution in [0.2, 0.25) is 0 Å². The second kappa shape index (κ2) is 3.52. The second-order valence-electron chi connectivity index (χ2n) is 5.00. The Hall–Kier alpha value is -0.790. The van der Waals surface area contributed by atoms with Crippen molar-refractivity contribution >= 4 is 5.97 Å². The van der Waals surface area contributed by atoms with Gasteiger partial charge in [0, 0.05) is 6.08 Å². The first-order chi connectivity index (χ1) is 5.88. The van der Waals surface area contributed by atoms with Crippen molar-refractivity contribution in [3.8, 4) is 0 Å². The molecule has 1 rings (SSSR count). The van der Waals surface area contributed by atoms with Crippen LogP contribution in [0.1, 0.15) is 34.1 Å². The van der Waals surface area contributed by atoms with Gasteiger partial charge in [-0.1, -0.05) is 27.7 Å². The summed E-state index contributed by atoms with van der Waals surface area (Å²) in [5.41, 5.74) is 0.294. The molecule has 0 bridgehead atoms. The molecule has 1 aliphatic rings. The van der Waals surface area contributed by atoms with E-state index in [2.05, 4.69) is 27.7 Å². The highest BCUT2D eigenvalue weighted by Crippen LogP contribution is 2.28. The van der Waals surface area contributed by atoms with Crippen LogP contribution in [0.4, 0.5) is 0 Å². The number of carbonyl (C=O) groups excluding carboxylic acids is 1. The summed E-state index contributed by atoms with van der Waals surface area (Å²) in [4.78, 5) is 10.8. The van der Waals surface area contributed by atoms with Crippen molar-refractivity contribution in [3.63, 3.8) is 0 Å². The van der Waals surface area contributed by atoms with E-state index in [-0.39, 0.29) is 12.1 Å². The molecule has 0 amide bonds. The zero-order valence-electron chi connectivity index (χ0n) is 8.83. The zero-order valence-corrected chi connectivity index (χ0v) is 8.83. The molecule has 0 spiro atoms. The molecule has 0 fully saturated rings. The van der Waals surface area contributed by atoms with Crippen LogP contribution in [0.3, 0.4) is 0 Å². The highest BCUT2D eigenvalue weighted by atomic mass is 16.5. The third-order valence-corrected chi connectivity index (χ3v) is 2.17. The normalized spacial score (nSPS) is 24.6. The van der Waals surface area contributed by atoms with Gasteiger partial charge in [0.05, 0.1) is 0 Å². The van der Waals surface area contributed by atoms with Crippen LogP contribution in [0, 0.1) is 11.3 Å². The SMILES string of the molecule is CC(CC(C)(C)C)C1C=CC(=O)O1. The van der Waals surface area contributed by atoms with Crippen LogP contribution >= 0.6 is 0 Å². The molecule has 2 nitrogen and oxygen atoms in total. The molecule has 2 heteroatoms. The van der Waals surface area contributed by atoms with Gasteiger partial charge in [-0.15, -0.1) is 0 Å². The lowest BCUT2D eigenvalue weighted by Gasteiger charge is -2.25. The van der Waals surface area contributed by atoms with Crippen LogP contribution in [-0.4, -0.2) is 12.1 Å². The van der Waals surface area contributed by atoms with E-state index >= 15 is 0 Å². The fraction of sp³-hybridized carbons (Fsp3) is 0.727. The van der Waals surface area contributed by atoms with Crippen molar-refractivity contribution < 1.29 is 9.53 Å². The summed E-state index contributed by atoms with van der Waals surface area (Å²) in [5, 5.41) is 0. The Morgan fingerprint density at radius 1 is 1.54 bits per heavy atom. The molecule has 0 N–H and O–H groups in total. The van der Waals surface area contributed by atoms with Gasteiger partial charge in [0.15, 0.2) is 0 Å². The molecular formula is C11H18O2. The number of hydrogen-bond donors (Lipinski definition) is 0. The van der Waals surface area contributed by atoms with E-state index in [9.17, 15) is 4.79 Å². The van der Waals surface area contributed by atoms with Gasteiger partial charge in [-0.3, -0.25) is 0 Å². The first-order valence-electron chi connectivity index (χ1n) is 4.77. The first kappa shape index (κ1) is 10.3. The lowest BCUT2D eigenvalue weighted by atomic mass is 9.83. The summed E-state index contributed by atoms with van der Waals surface area (Å²) >= 11 is 0. The maximum Gasteiger partial charge on any atom is 0.331 e. The highest BCUT2D eigenvalue weighted by Gasteiger charge is 2.26. The molecule has 0 saturated heterocycles. The molecule has 2 unspecified atom stereocenters. The number of cyclic esters (lactones) is 1. The molecule has 1 heterocycles. The van der Waals surface area contributed by atoms with Gasteiger partial charge in [0.25, 0.3) is 0 Å². The van der Waals surface area contributed by atoms with Crippen molar-refractivity contribution in [1.29, 1.82) is 0 Å². The smallest absolute Gasteiger partial charge is 0.331 e. The van der Waals surface area contributed by atoms with Gasteiger partial charge in [0.2, 0.25) is 0 Å². The fourth-order valence-corrected chi connectivity index (χ4v) is 1.77. The molecule has 1 aliphatic heterocycles. The summed E-state index contributed by atoms with van der Waals surface area (Å²) in [6, 6.07) is 0. The lowest BCUT2D eigenvalue weighted by molar-refractivity contribution is -0.140. The fourth-order valence-electron chi connectivity index (χ4n) is 1.77. The standard InChI is InChI=1S/C11H18O2/c1-8(7-11(2,3)4)9-5-6-10(12)13-9/h5-6,8-9H,7H2,1-4H3. The van der Waals surface area contributed by atoms with Gasteiger partial charge in [-0.25, -0.2) is 4.79 Å². The second-order valence-corrected chi connectivity index (χ2v) is 5.00. The number of carbonyl (C=O) groups is 1. The summed E-state index contributed by atoms with van der Waals surface area (Å²) in [5.74, 6) is 0.202. The predicted octanol–water partition coefficient (Wildman–Crippen LogP) is 2.54. The molecule has 0 aromatic rings. The lowest BCUT2D eigenvalue weighted by Crippen LogP contribution is -2.22. The molecule has 0 aromatic carbocycles. The van der Waals surface area contributed by atoms with Crippen molar-refractivity contribution in [1.82, 2.24) is 0 Å². The number of esters is 1. The van der Waals surface area contributed by atoms with E-state index in [0.717, 1.165) is 6.42 Å². The van der Waals surface area contributed by atoms with E-state index in [1.165, 1.54) is 6.08 Å². The van der Waals surface area contributed by atoms with Gasteiger partial charge in [-0.05, 0) is 23.8 Å². The minimum atomic E-state index is -0.203. The van der Waals surface area contributed by atoms with Crippen molar-refractivity contribution in [3.05, 3.63) is 12.2 Å². The van der Waals surface area contributed by atoms with E-state index < -0.39 is 0 Å². The quantitative estimate of drug-likeness (QED) is 0.613. The topological polar surface area (TPSA) is 26.3 Å². The summed E-state index contributed by atoms with van der Waals surface area (Å²) in [6.07, 6.45) is 4.43. The Kier molecular flexibility index (Phi) is 2.79. The molecule has 2 atom stereocenters. The third-order valence-electron chi connectivity index (χ3n) is 2.17. The van der Waals surface area contributed by atoms with Gasteiger partial charge in [-0.2, -0.15) is 0 Å². The van der Waals surface area contributed by atoms with Crippen LogP contribution < -0.4 is 0 Å². The molecule has 0 aromatic heterocycles. The summed E-state index contributed by atoms with van der Waals surface area (Å²) < 4.78 is 5.12. The number of hydrogen-bond acceptors (Lipinski definition) is 2. The number of rotatable bonds is 2. The third kappa shape index (κ3) is 3.21. The molecule has 0 aliphatic carbocycles. The Morgan fingerprint density at radius 2 is 2.15 bits per heavy atom. The largest absolute Gasteiger partial charge is 0.455 e. The van der Waals surface area contributed by atoms with E-state index in [0.29, 0.717) is 11.3 Å². The molecule has 0 radical (unpaired) electrons. The highest BCUT2D eigenvalue weighted by molar-refractivity contribution is 5.84. The van der Waals surface area contributed by atoms with Gasteiger partial charge in [0.1, 0.15) is 6.10 Å². The monoisotopic (exact) mass is 182 g/mol. The average molecular weight is 182 g/mol.